The lowest BCUT2D eigenvalue weighted by atomic mass is 10.2. The summed E-state index contributed by atoms with van der Waals surface area (Å²) in [4.78, 5) is 22.8. The van der Waals surface area contributed by atoms with E-state index < -0.39 is 0 Å². The predicted octanol–water partition coefficient (Wildman–Crippen LogP) is 0.381. The van der Waals surface area contributed by atoms with E-state index in [1.54, 1.807) is 7.11 Å². The molecule has 0 aromatic carbocycles. The van der Waals surface area contributed by atoms with Gasteiger partial charge in [-0.3, -0.25) is 4.79 Å². The van der Waals surface area contributed by atoms with Crippen molar-refractivity contribution in [1.29, 1.82) is 0 Å². The molecule has 0 radical (unpaired) electrons. The highest BCUT2D eigenvalue weighted by molar-refractivity contribution is 5.78. The number of hydrogen-bond donors (Lipinski definition) is 3. The molecule has 1 saturated carbocycles. The Bertz CT molecular complexity index is 265. The largest absolute Gasteiger partial charge is 0.383 e. The zero-order valence-electron chi connectivity index (χ0n) is 11.0. The Labute approximate surface area is 108 Å². The van der Waals surface area contributed by atoms with E-state index in [9.17, 15) is 9.59 Å². The van der Waals surface area contributed by atoms with Gasteiger partial charge in [-0.1, -0.05) is 12.8 Å². The first kappa shape index (κ1) is 14.8. The van der Waals surface area contributed by atoms with Gasteiger partial charge in [0.05, 0.1) is 6.61 Å². The van der Waals surface area contributed by atoms with Gasteiger partial charge < -0.3 is 20.7 Å². The molecular weight excluding hydrogens is 234 g/mol. The number of carbonyl (C=O) groups excluding carboxylic acids is 2. The third-order valence-electron chi connectivity index (χ3n) is 2.96. The molecule has 0 aliphatic heterocycles. The molecule has 3 amide bonds. The quantitative estimate of drug-likeness (QED) is 0.577. The average Bonchev–Trinajstić information content (AvgIpc) is 2.82. The molecular formula is C12H23N3O3. The Hall–Kier alpha value is -1.30. The predicted molar refractivity (Wildman–Crippen MR) is 68.3 cm³/mol. The molecule has 0 bridgehead atoms. The van der Waals surface area contributed by atoms with Crippen molar-refractivity contribution in [2.24, 2.45) is 0 Å². The van der Waals surface area contributed by atoms with E-state index in [1.165, 1.54) is 12.8 Å². The van der Waals surface area contributed by atoms with Crippen molar-refractivity contribution in [3.63, 3.8) is 0 Å². The molecule has 1 aliphatic carbocycles. The van der Waals surface area contributed by atoms with Gasteiger partial charge in [0.1, 0.15) is 0 Å². The standard InChI is InChI=1S/C12H23N3O3/c1-18-9-8-13-11(16)6-7-14-12(17)15-10-4-2-3-5-10/h10H,2-9H2,1H3,(H,13,16)(H2,14,15,17). The lowest BCUT2D eigenvalue weighted by Gasteiger charge is -2.12. The molecule has 0 heterocycles. The summed E-state index contributed by atoms with van der Waals surface area (Å²) in [5.41, 5.74) is 0. The van der Waals surface area contributed by atoms with Gasteiger partial charge in [0.2, 0.25) is 5.91 Å². The van der Waals surface area contributed by atoms with Gasteiger partial charge in [-0.25, -0.2) is 4.79 Å². The summed E-state index contributed by atoms with van der Waals surface area (Å²) < 4.78 is 4.81. The van der Waals surface area contributed by atoms with Crippen molar-refractivity contribution >= 4 is 11.9 Å². The summed E-state index contributed by atoms with van der Waals surface area (Å²) in [7, 11) is 1.58. The minimum Gasteiger partial charge on any atom is -0.383 e. The zero-order valence-corrected chi connectivity index (χ0v) is 11.0. The van der Waals surface area contributed by atoms with Gasteiger partial charge >= 0.3 is 6.03 Å². The SMILES string of the molecule is COCCNC(=O)CCNC(=O)NC1CCCC1. The molecule has 3 N–H and O–H groups in total. The van der Waals surface area contributed by atoms with Gasteiger partial charge in [-0.2, -0.15) is 0 Å². The highest BCUT2D eigenvalue weighted by Gasteiger charge is 2.16. The van der Waals surface area contributed by atoms with Crippen LogP contribution in [0.2, 0.25) is 0 Å². The summed E-state index contributed by atoms with van der Waals surface area (Å²) in [6.07, 6.45) is 4.79. The van der Waals surface area contributed by atoms with Gasteiger partial charge in [0.25, 0.3) is 0 Å². The fourth-order valence-corrected chi connectivity index (χ4v) is 1.98. The molecule has 18 heavy (non-hydrogen) atoms. The Kier molecular flexibility index (Phi) is 7.17. The zero-order chi connectivity index (χ0) is 13.2. The average molecular weight is 257 g/mol. The maximum atomic E-state index is 11.5. The fraction of sp³-hybridized carbons (Fsp3) is 0.833. The van der Waals surface area contributed by atoms with E-state index in [0.29, 0.717) is 32.2 Å². The van der Waals surface area contributed by atoms with Crippen LogP contribution < -0.4 is 16.0 Å². The van der Waals surface area contributed by atoms with Gasteiger partial charge in [0.15, 0.2) is 0 Å². The van der Waals surface area contributed by atoms with Crippen molar-refractivity contribution < 1.29 is 14.3 Å². The number of methoxy groups -OCH3 is 1. The van der Waals surface area contributed by atoms with E-state index in [0.717, 1.165) is 12.8 Å². The Morgan fingerprint density at radius 2 is 1.89 bits per heavy atom. The van der Waals surface area contributed by atoms with Crippen molar-refractivity contribution in [3.05, 3.63) is 0 Å². The molecule has 0 aromatic rings. The Morgan fingerprint density at radius 1 is 1.17 bits per heavy atom. The molecule has 0 aromatic heterocycles. The maximum absolute atomic E-state index is 11.5. The second-order valence-electron chi connectivity index (χ2n) is 4.47. The first-order chi connectivity index (χ1) is 8.72. The number of amides is 3. The summed E-state index contributed by atoms with van der Waals surface area (Å²) in [5.74, 6) is -0.0757. The summed E-state index contributed by atoms with van der Waals surface area (Å²) in [6, 6.07) is 0.132. The Morgan fingerprint density at radius 3 is 2.56 bits per heavy atom. The van der Waals surface area contributed by atoms with Crippen LogP contribution in [0.1, 0.15) is 32.1 Å². The number of ether oxygens (including phenoxy) is 1. The number of hydrogen-bond acceptors (Lipinski definition) is 3. The molecule has 0 spiro atoms. The molecule has 1 aliphatic rings. The molecule has 6 nitrogen and oxygen atoms in total. The monoisotopic (exact) mass is 257 g/mol. The number of carbonyl (C=O) groups is 2. The molecule has 0 saturated heterocycles. The minimum absolute atomic E-state index is 0.0757. The second kappa shape index (κ2) is 8.74. The molecule has 0 atom stereocenters. The van der Waals surface area contributed by atoms with Crippen LogP contribution in [0.3, 0.4) is 0 Å². The maximum Gasteiger partial charge on any atom is 0.315 e. The first-order valence-electron chi connectivity index (χ1n) is 6.52. The van der Waals surface area contributed by atoms with E-state index >= 15 is 0 Å². The van der Waals surface area contributed by atoms with E-state index in [2.05, 4.69) is 16.0 Å². The lowest BCUT2D eigenvalue weighted by molar-refractivity contribution is -0.121. The van der Waals surface area contributed by atoms with Crippen LogP contribution in [-0.4, -0.2) is 44.8 Å². The summed E-state index contributed by atoms with van der Waals surface area (Å²) >= 11 is 0. The van der Waals surface area contributed by atoms with Crippen LogP contribution in [0.4, 0.5) is 4.79 Å². The van der Waals surface area contributed by atoms with Gasteiger partial charge in [-0.05, 0) is 12.8 Å². The molecule has 1 rings (SSSR count). The molecule has 6 heteroatoms. The minimum atomic E-state index is -0.174. The number of urea groups is 1. The van der Waals surface area contributed by atoms with Crippen molar-refractivity contribution in [1.82, 2.24) is 16.0 Å². The normalized spacial score (nSPS) is 15.4. The number of rotatable bonds is 7. The second-order valence-corrected chi connectivity index (χ2v) is 4.47. The molecule has 104 valence electrons. The smallest absolute Gasteiger partial charge is 0.315 e. The van der Waals surface area contributed by atoms with Crippen LogP contribution in [0.5, 0.6) is 0 Å². The van der Waals surface area contributed by atoms with E-state index in [-0.39, 0.29) is 11.9 Å². The third-order valence-corrected chi connectivity index (χ3v) is 2.96. The topological polar surface area (TPSA) is 79.5 Å². The van der Waals surface area contributed by atoms with Crippen LogP contribution in [-0.2, 0) is 9.53 Å². The van der Waals surface area contributed by atoms with Gasteiger partial charge in [-0.15, -0.1) is 0 Å². The molecule has 0 unspecified atom stereocenters. The van der Waals surface area contributed by atoms with Crippen LogP contribution in [0.15, 0.2) is 0 Å². The highest BCUT2D eigenvalue weighted by Crippen LogP contribution is 2.17. The van der Waals surface area contributed by atoms with Gasteiger partial charge in [0, 0.05) is 32.7 Å². The van der Waals surface area contributed by atoms with E-state index in [4.69, 9.17) is 4.74 Å². The lowest BCUT2D eigenvalue weighted by Crippen LogP contribution is -2.42. The van der Waals surface area contributed by atoms with Crippen molar-refractivity contribution in [2.45, 2.75) is 38.1 Å². The Balaban J connectivity index is 1.98. The van der Waals surface area contributed by atoms with Crippen LogP contribution in [0, 0.1) is 0 Å². The number of nitrogens with one attached hydrogen (secondary N) is 3. The third kappa shape index (κ3) is 6.44. The summed E-state index contributed by atoms with van der Waals surface area (Å²) in [6.45, 7) is 1.36. The van der Waals surface area contributed by atoms with E-state index in [1.807, 2.05) is 0 Å². The first-order valence-corrected chi connectivity index (χ1v) is 6.52. The fourth-order valence-electron chi connectivity index (χ4n) is 1.98. The highest BCUT2D eigenvalue weighted by atomic mass is 16.5. The van der Waals surface area contributed by atoms with Crippen LogP contribution >= 0.6 is 0 Å². The van der Waals surface area contributed by atoms with Crippen molar-refractivity contribution in [2.75, 3.05) is 26.8 Å². The van der Waals surface area contributed by atoms with Crippen LogP contribution in [0.25, 0.3) is 0 Å². The van der Waals surface area contributed by atoms with Crippen molar-refractivity contribution in [3.8, 4) is 0 Å². The molecule has 1 fully saturated rings. The summed E-state index contributed by atoms with van der Waals surface area (Å²) in [5, 5.41) is 8.29.